The molecule has 0 saturated carbocycles. The monoisotopic (exact) mass is 286 g/mol. The highest BCUT2D eigenvalue weighted by atomic mass is 35.5. The Bertz CT molecular complexity index is 499. The smallest absolute Gasteiger partial charge is 0.413 e. The van der Waals surface area contributed by atoms with Crippen LogP contribution >= 0.6 is 11.6 Å². The first kappa shape index (κ1) is 13.7. The quantitative estimate of drug-likeness (QED) is 0.859. The van der Waals surface area contributed by atoms with Gasteiger partial charge in [-0.3, -0.25) is 5.32 Å². The number of nitrogens with zero attached hydrogens (tertiary/aromatic N) is 1. The van der Waals surface area contributed by atoms with Crippen LogP contribution in [0.25, 0.3) is 0 Å². The molecule has 0 atom stereocenters. The van der Waals surface area contributed by atoms with Crippen LogP contribution in [0.1, 0.15) is 20.8 Å². The van der Waals surface area contributed by atoms with Gasteiger partial charge in [0.25, 0.3) is 5.88 Å². The largest absolute Gasteiger partial charge is 0.484 e. The number of carbonyl (C=O) groups is 1. The Balaban J connectivity index is 2.14. The normalized spacial score (nSPS) is 13.9. The summed E-state index contributed by atoms with van der Waals surface area (Å²) < 4.78 is 15.8. The van der Waals surface area contributed by atoms with Crippen LogP contribution in [0.15, 0.2) is 6.07 Å². The summed E-state index contributed by atoms with van der Waals surface area (Å²) >= 11 is 6.01. The molecule has 0 aliphatic carbocycles. The molecular formula is C12H15ClN2O4. The topological polar surface area (TPSA) is 69.7 Å². The number of carbonyl (C=O) groups excluding carboxylic acids is 1. The lowest BCUT2D eigenvalue weighted by atomic mass is 10.2. The predicted octanol–water partition coefficient (Wildman–Crippen LogP) is 2.85. The first-order chi connectivity index (χ1) is 8.85. The summed E-state index contributed by atoms with van der Waals surface area (Å²) in [5.41, 5.74) is -0.593. The van der Waals surface area contributed by atoms with Gasteiger partial charge in [-0.2, -0.15) is 4.98 Å². The van der Waals surface area contributed by atoms with Crippen LogP contribution in [0.3, 0.4) is 0 Å². The van der Waals surface area contributed by atoms with Gasteiger partial charge in [0.05, 0.1) is 5.02 Å². The number of hydrogen-bond acceptors (Lipinski definition) is 5. The molecule has 0 fully saturated rings. The number of anilines is 1. The lowest BCUT2D eigenvalue weighted by Gasteiger charge is -2.21. The van der Waals surface area contributed by atoms with Gasteiger partial charge in [0, 0.05) is 6.07 Å². The van der Waals surface area contributed by atoms with E-state index in [-0.39, 0.29) is 10.8 Å². The summed E-state index contributed by atoms with van der Waals surface area (Å²) in [6, 6.07) is 1.55. The average Bonchev–Trinajstić information content (AvgIpc) is 2.27. The van der Waals surface area contributed by atoms with Crippen molar-refractivity contribution >= 4 is 23.5 Å². The Hall–Kier alpha value is -1.69. The molecule has 1 aromatic rings. The van der Waals surface area contributed by atoms with Gasteiger partial charge >= 0.3 is 6.09 Å². The predicted molar refractivity (Wildman–Crippen MR) is 70.1 cm³/mol. The molecule has 0 unspecified atom stereocenters. The van der Waals surface area contributed by atoms with E-state index in [4.69, 9.17) is 25.8 Å². The van der Waals surface area contributed by atoms with Crippen LogP contribution in [0, 0.1) is 0 Å². The molecular weight excluding hydrogens is 272 g/mol. The lowest BCUT2D eigenvalue weighted by Crippen LogP contribution is -2.27. The third-order valence-corrected chi connectivity index (χ3v) is 2.40. The summed E-state index contributed by atoms with van der Waals surface area (Å²) in [5.74, 6) is 0.952. The number of amides is 1. The maximum atomic E-state index is 11.6. The van der Waals surface area contributed by atoms with Gasteiger partial charge in [-0.15, -0.1) is 0 Å². The highest BCUT2D eigenvalue weighted by Gasteiger charge is 2.21. The molecule has 7 heteroatoms. The summed E-state index contributed by atoms with van der Waals surface area (Å²) in [7, 11) is 0. The van der Waals surface area contributed by atoms with Crippen molar-refractivity contribution in [2.45, 2.75) is 26.4 Å². The van der Waals surface area contributed by atoms with Crippen LogP contribution in [0.2, 0.25) is 5.02 Å². The van der Waals surface area contributed by atoms with E-state index in [1.54, 1.807) is 26.8 Å². The fourth-order valence-electron chi connectivity index (χ4n) is 1.44. The first-order valence-electron chi connectivity index (χ1n) is 5.81. The number of ether oxygens (including phenoxy) is 3. The van der Waals surface area contributed by atoms with E-state index in [1.807, 2.05) is 0 Å². The minimum atomic E-state index is -0.626. The van der Waals surface area contributed by atoms with E-state index in [0.29, 0.717) is 24.8 Å². The molecule has 1 amide bonds. The molecule has 1 aromatic heterocycles. The summed E-state index contributed by atoms with van der Waals surface area (Å²) in [4.78, 5) is 15.7. The van der Waals surface area contributed by atoms with Gasteiger partial charge in [-0.05, 0) is 20.8 Å². The first-order valence-corrected chi connectivity index (χ1v) is 6.19. The van der Waals surface area contributed by atoms with E-state index >= 15 is 0 Å². The zero-order valence-electron chi connectivity index (χ0n) is 10.9. The van der Waals surface area contributed by atoms with Gasteiger partial charge in [-0.1, -0.05) is 11.6 Å². The third kappa shape index (κ3) is 3.64. The minimum absolute atomic E-state index is 0.181. The van der Waals surface area contributed by atoms with E-state index in [1.165, 1.54) is 0 Å². The number of pyridine rings is 1. The Morgan fingerprint density at radius 3 is 2.79 bits per heavy atom. The number of aromatic nitrogens is 1. The molecule has 0 spiro atoms. The minimum Gasteiger partial charge on any atom is -0.484 e. The van der Waals surface area contributed by atoms with Crippen molar-refractivity contribution in [3.63, 3.8) is 0 Å². The number of nitrogens with one attached hydrogen (secondary N) is 1. The molecule has 6 nitrogen and oxygen atoms in total. The molecule has 104 valence electrons. The molecule has 0 bridgehead atoms. The van der Waals surface area contributed by atoms with Crippen LogP contribution in [-0.4, -0.2) is 29.9 Å². The van der Waals surface area contributed by atoms with Gasteiger partial charge < -0.3 is 14.2 Å². The fourth-order valence-corrected chi connectivity index (χ4v) is 1.63. The summed E-state index contributed by atoms with van der Waals surface area (Å²) in [5, 5.41) is 2.74. The molecule has 2 rings (SSSR count). The summed E-state index contributed by atoms with van der Waals surface area (Å²) in [6.07, 6.45) is -0.626. The standard InChI is InChI=1S/C12H15ClN2O4/c1-12(2,3)19-11(16)15-9-7(13)6-8-10(14-9)18-5-4-17-8/h6H,4-5H2,1-3H3,(H,14,15,16). The maximum absolute atomic E-state index is 11.6. The molecule has 2 heterocycles. The Morgan fingerprint density at radius 1 is 1.42 bits per heavy atom. The molecule has 1 N–H and O–H groups in total. The van der Waals surface area contributed by atoms with Gasteiger partial charge in [0.1, 0.15) is 18.8 Å². The Kier molecular flexibility index (Phi) is 3.71. The second-order valence-corrected chi connectivity index (χ2v) is 5.35. The second kappa shape index (κ2) is 5.13. The van der Waals surface area contributed by atoms with Gasteiger partial charge in [0.15, 0.2) is 11.6 Å². The van der Waals surface area contributed by atoms with E-state index in [2.05, 4.69) is 10.3 Å². The number of halogens is 1. The maximum Gasteiger partial charge on any atom is 0.413 e. The SMILES string of the molecule is CC(C)(C)OC(=O)Nc1nc2c(cc1Cl)OCCO2. The molecule has 0 saturated heterocycles. The van der Waals surface area contributed by atoms with Crippen molar-refractivity contribution in [3.05, 3.63) is 11.1 Å². The van der Waals surface area contributed by atoms with Gasteiger partial charge in [0.2, 0.25) is 0 Å². The number of rotatable bonds is 1. The van der Waals surface area contributed by atoms with E-state index in [0.717, 1.165) is 0 Å². The highest BCUT2D eigenvalue weighted by molar-refractivity contribution is 6.33. The lowest BCUT2D eigenvalue weighted by molar-refractivity contribution is 0.0635. The van der Waals surface area contributed by atoms with Crippen molar-refractivity contribution in [1.29, 1.82) is 0 Å². The zero-order chi connectivity index (χ0) is 14.0. The Labute approximate surface area is 116 Å². The highest BCUT2D eigenvalue weighted by Crippen LogP contribution is 2.34. The molecule has 0 aromatic carbocycles. The molecule has 1 aliphatic rings. The average molecular weight is 287 g/mol. The van der Waals surface area contributed by atoms with Crippen molar-refractivity contribution in [3.8, 4) is 11.6 Å². The van der Waals surface area contributed by atoms with Gasteiger partial charge in [-0.25, -0.2) is 4.79 Å². The number of hydrogen-bond donors (Lipinski definition) is 1. The van der Waals surface area contributed by atoms with Crippen LogP contribution in [0.4, 0.5) is 10.6 Å². The van der Waals surface area contributed by atoms with Crippen molar-refractivity contribution in [2.75, 3.05) is 18.5 Å². The van der Waals surface area contributed by atoms with Crippen LogP contribution in [0.5, 0.6) is 11.6 Å². The van der Waals surface area contributed by atoms with Crippen molar-refractivity contribution in [1.82, 2.24) is 4.98 Å². The zero-order valence-corrected chi connectivity index (χ0v) is 11.7. The molecule has 1 aliphatic heterocycles. The third-order valence-electron chi connectivity index (χ3n) is 2.11. The van der Waals surface area contributed by atoms with E-state index in [9.17, 15) is 4.79 Å². The van der Waals surface area contributed by atoms with Crippen molar-refractivity contribution in [2.24, 2.45) is 0 Å². The fraction of sp³-hybridized carbons (Fsp3) is 0.500. The molecule has 0 radical (unpaired) electrons. The second-order valence-electron chi connectivity index (χ2n) is 4.95. The summed E-state index contributed by atoms with van der Waals surface area (Å²) in [6.45, 7) is 6.17. The van der Waals surface area contributed by atoms with Crippen molar-refractivity contribution < 1.29 is 19.0 Å². The van der Waals surface area contributed by atoms with E-state index < -0.39 is 11.7 Å². The number of fused-ring (bicyclic) bond motifs is 1. The van der Waals surface area contributed by atoms with Crippen LogP contribution < -0.4 is 14.8 Å². The molecule has 19 heavy (non-hydrogen) atoms. The van der Waals surface area contributed by atoms with Crippen LogP contribution in [-0.2, 0) is 4.74 Å². The Morgan fingerprint density at radius 2 is 2.11 bits per heavy atom.